The van der Waals surface area contributed by atoms with Crippen LogP contribution in [0.2, 0.25) is 0 Å². The van der Waals surface area contributed by atoms with Crippen LogP contribution in [0.3, 0.4) is 0 Å². The number of hydrogen-bond acceptors (Lipinski definition) is 7. The molecule has 2 aliphatic heterocycles. The van der Waals surface area contributed by atoms with Gasteiger partial charge in [0.2, 0.25) is 5.91 Å². The van der Waals surface area contributed by atoms with Crippen LogP contribution >= 0.6 is 22.9 Å². The first-order valence-electron chi connectivity index (χ1n) is 11.4. The lowest BCUT2D eigenvalue weighted by atomic mass is 9.83. The minimum absolute atomic E-state index is 0.0736. The quantitative estimate of drug-likeness (QED) is 0.626. The summed E-state index contributed by atoms with van der Waals surface area (Å²) in [5, 5.41) is 9.83. The Morgan fingerprint density at radius 3 is 2.79 bits per heavy atom. The number of rotatable bonds is 5. The average Bonchev–Trinajstić information content (AvgIpc) is 3.53. The molecule has 3 fully saturated rings. The highest BCUT2D eigenvalue weighted by molar-refractivity contribution is 7.17. The summed E-state index contributed by atoms with van der Waals surface area (Å²) in [4.78, 5) is 41.2. The second kappa shape index (κ2) is 9.67. The van der Waals surface area contributed by atoms with Gasteiger partial charge in [-0.1, -0.05) is 19.3 Å². The van der Waals surface area contributed by atoms with Gasteiger partial charge in [0.05, 0.1) is 17.8 Å². The normalized spacial score (nSPS) is 25.9. The van der Waals surface area contributed by atoms with Gasteiger partial charge in [0.15, 0.2) is 5.78 Å². The van der Waals surface area contributed by atoms with Crippen molar-refractivity contribution in [2.24, 2.45) is 5.92 Å². The average molecular weight is 507 g/mol. The van der Waals surface area contributed by atoms with Crippen molar-refractivity contribution in [1.82, 2.24) is 20.4 Å². The molecule has 1 N–H and O–H groups in total. The predicted molar refractivity (Wildman–Crippen MR) is 123 cm³/mol. The number of carbonyl (C=O) groups is 3. The number of hydrogen-bond donors (Lipinski definition) is 1. The van der Waals surface area contributed by atoms with Gasteiger partial charge in [0, 0.05) is 17.0 Å². The van der Waals surface area contributed by atoms with Crippen LogP contribution in [0.15, 0.2) is 24.5 Å². The molecular formula is C23H24ClFN4O4S. The number of alkyl halides is 1. The second-order valence-electron chi connectivity index (χ2n) is 8.96. The molecule has 180 valence electrons. The van der Waals surface area contributed by atoms with Crippen molar-refractivity contribution in [3.8, 4) is 10.4 Å². The summed E-state index contributed by atoms with van der Waals surface area (Å²) in [6.45, 7) is 0.100. The summed E-state index contributed by atoms with van der Waals surface area (Å²) in [6, 6.07) is 1.37. The first kappa shape index (κ1) is 23.3. The van der Waals surface area contributed by atoms with Crippen molar-refractivity contribution >= 4 is 40.5 Å². The predicted octanol–water partition coefficient (Wildman–Crippen LogP) is 2.81. The standard InChI is InChI=1S/C23H24ClFN4O4S/c24-14-10-29(19-16(30)11-33-20(14)19)23(32)18(12-4-2-1-3-5-12)28-22(31)21-15(25)8-17(34-21)13-6-7-26-27-9-13/h6-9,12,14,18-20H,1-5,10-11H2,(H,28,31)/t14-,18-,19+,20+/m0/s1. The van der Waals surface area contributed by atoms with E-state index in [9.17, 15) is 18.8 Å². The van der Waals surface area contributed by atoms with E-state index in [0.29, 0.717) is 10.4 Å². The van der Waals surface area contributed by atoms with Gasteiger partial charge in [0.25, 0.3) is 5.91 Å². The van der Waals surface area contributed by atoms with E-state index in [4.69, 9.17) is 16.3 Å². The highest BCUT2D eigenvalue weighted by Crippen LogP contribution is 2.35. The number of ketones is 1. The Hall–Kier alpha value is -2.43. The van der Waals surface area contributed by atoms with E-state index in [1.165, 1.54) is 23.4 Å². The number of thiophene rings is 1. The summed E-state index contributed by atoms with van der Waals surface area (Å²) in [5.41, 5.74) is 0.647. The number of nitrogens with one attached hydrogen (secondary N) is 1. The number of fused-ring (bicyclic) bond motifs is 1. The van der Waals surface area contributed by atoms with Crippen molar-refractivity contribution in [1.29, 1.82) is 0 Å². The van der Waals surface area contributed by atoms with E-state index in [1.54, 1.807) is 6.07 Å². The van der Waals surface area contributed by atoms with Crippen LogP contribution in [0, 0.1) is 11.7 Å². The lowest BCUT2D eigenvalue weighted by Gasteiger charge is -2.34. The first-order valence-corrected chi connectivity index (χ1v) is 12.7. The van der Waals surface area contributed by atoms with E-state index in [-0.39, 0.29) is 35.6 Å². The van der Waals surface area contributed by atoms with Gasteiger partial charge < -0.3 is 15.0 Å². The van der Waals surface area contributed by atoms with Gasteiger partial charge >= 0.3 is 0 Å². The molecule has 0 spiro atoms. The highest BCUT2D eigenvalue weighted by Gasteiger charge is 2.53. The topological polar surface area (TPSA) is 101 Å². The zero-order chi connectivity index (χ0) is 23.8. The van der Waals surface area contributed by atoms with Crippen LogP contribution in [-0.4, -0.2) is 69.4 Å². The van der Waals surface area contributed by atoms with Gasteiger partial charge in [-0.2, -0.15) is 10.2 Å². The van der Waals surface area contributed by atoms with Crippen LogP contribution < -0.4 is 5.32 Å². The van der Waals surface area contributed by atoms with Gasteiger partial charge in [-0.15, -0.1) is 22.9 Å². The molecule has 0 radical (unpaired) electrons. The van der Waals surface area contributed by atoms with Crippen LogP contribution in [0.4, 0.5) is 4.39 Å². The van der Waals surface area contributed by atoms with Crippen LogP contribution in [0.5, 0.6) is 0 Å². The minimum Gasteiger partial charge on any atom is -0.366 e. The van der Waals surface area contributed by atoms with Crippen molar-refractivity contribution in [3.05, 3.63) is 35.2 Å². The lowest BCUT2D eigenvalue weighted by molar-refractivity contribution is -0.139. The van der Waals surface area contributed by atoms with Gasteiger partial charge in [-0.3, -0.25) is 14.4 Å². The Bertz CT molecular complexity index is 1090. The fourth-order valence-electron chi connectivity index (χ4n) is 5.16. The zero-order valence-electron chi connectivity index (χ0n) is 18.3. The molecule has 34 heavy (non-hydrogen) atoms. The van der Waals surface area contributed by atoms with E-state index in [1.807, 2.05) is 0 Å². The van der Waals surface area contributed by atoms with E-state index >= 15 is 0 Å². The number of amides is 2. The lowest BCUT2D eigenvalue weighted by Crippen LogP contribution is -2.55. The van der Waals surface area contributed by atoms with Crippen molar-refractivity contribution in [2.75, 3.05) is 13.2 Å². The Morgan fingerprint density at radius 2 is 2.06 bits per heavy atom. The molecule has 11 heteroatoms. The molecule has 8 nitrogen and oxygen atoms in total. The third kappa shape index (κ3) is 4.34. The summed E-state index contributed by atoms with van der Waals surface area (Å²) in [6.07, 6.45) is 6.96. The molecule has 4 heterocycles. The van der Waals surface area contributed by atoms with Crippen molar-refractivity contribution in [3.63, 3.8) is 0 Å². The van der Waals surface area contributed by atoms with Crippen LogP contribution in [0.25, 0.3) is 10.4 Å². The second-order valence-corrected chi connectivity index (χ2v) is 10.6. The molecule has 1 saturated carbocycles. The SMILES string of the molecule is O=C(N[C@H](C(=O)N1C[C@H](Cl)[C@H]2OCC(=O)[C@H]21)C1CCCCC1)c1sc(-c2ccnnc2)cc1F. The van der Waals surface area contributed by atoms with E-state index in [0.717, 1.165) is 43.4 Å². The first-order chi connectivity index (χ1) is 16.4. The molecule has 2 aromatic heterocycles. The highest BCUT2D eigenvalue weighted by atomic mass is 35.5. The fraction of sp³-hybridized carbons (Fsp3) is 0.522. The maximum atomic E-state index is 14.8. The van der Waals surface area contributed by atoms with Crippen LogP contribution in [0.1, 0.15) is 41.8 Å². The summed E-state index contributed by atoms with van der Waals surface area (Å²) in [7, 11) is 0. The molecule has 5 rings (SSSR count). The summed E-state index contributed by atoms with van der Waals surface area (Å²) >= 11 is 7.37. The maximum absolute atomic E-state index is 14.8. The number of Topliss-reactive ketones (excluding diaryl/α,β-unsaturated/α-hetero) is 1. The Labute approximate surface area is 204 Å². The summed E-state index contributed by atoms with van der Waals surface area (Å²) in [5.74, 6) is -1.94. The number of carbonyl (C=O) groups excluding carboxylic acids is 3. The molecule has 4 atom stereocenters. The number of nitrogens with zero attached hydrogens (tertiary/aromatic N) is 3. The Kier molecular flexibility index (Phi) is 6.63. The van der Waals surface area contributed by atoms with Crippen molar-refractivity contribution < 1.29 is 23.5 Å². The van der Waals surface area contributed by atoms with E-state index < -0.39 is 35.3 Å². The smallest absolute Gasteiger partial charge is 0.265 e. The molecule has 2 amide bonds. The molecule has 0 bridgehead atoms. The molecule has 3 aliphatic rings. The molecule has 2 aromatic rings. The Morgan fingerprint density at radius 1 is 1.26 bits per heavy atom. The van der Waals surface area contributed by atoms with Gasteiger partial charge in [0.1, 0.15) is 35.5 Å². The Balaban J connectivity index is 1.40. The summed E-state index contributed by atoms with van der Waals surface area (Å²) < 4.78 is 20.3. The number of halogens is 2. The fourth-order valence-corrected chi connectivity index (χ4v) is 6.45. The molecule has 0 unspecified atom stereocenters. The number of aromatic nitrogens is 2. The van der Waals surface area contributed by atoms with E-state index in [2.05, 4.69) is 15.5 Å². The molecular weight excluding hydrogens is 483 g/mol. The monoisotopic (exact) mass is 506 g/mol. The number of ether oxygens (including phenoxy) is 1. The largest absolute Gasteiger partial charge is 0.366 e. The molecule has 0 aromatic carbocycles. The van der Waals surface area contributed by atoms with Gasteiger partial charge in [-0.25, -0.2) is 4.39 Å². The zero-order valence-corrected chi connectivity index (χ0v) is 19.9. The molecule has 2 saturated heterocycles. The maximum Gasteiger partial charge on any atom is 0.265 e. The van der Waals surface area contributed by atoms with Crippen LogP contribution in [-0.2, 0) is 14.3 Å². The third-order valence-corrected chi connectivity index (χ3v) is 8.39. The van der Waals surface area contributed by atoms with Gasteiger partial charge in [-0.05, 0) is 30.9 Å². The third-order valence-electron chi connectivity index (χ3n) is 6.84. The molecule has 1 aliphatic carbocycles. The minimum atomic E-state index is -0.864. The van der Waals surface area contributed by atoms with Crippen molar-refractivity contribution in [2.45, 2.75) is 55.7 Å². The number of likely N-dealkylation sites (tertiary alicyclic amines) is 1.